The van der Waals surface area contributed by atoms with E-state index < -0.39 is 22.2 Å². The molecule has 2 aromatic carbocycles. The second kappa shape index (κ2) is 13.6. The van der Waals surface area contributed by atoms with Gasteiger partial charge in [-0.05, 0) is 42.2 Å². The van der Waals surface area contributed by atoms with Crippen molar-refractivity contribution in [3.05, 3.63) is 53.6 Å². The first-order valence-electron chi connectivity index (χ1n) is 15.1. The van der Waals surface area contributed by atoms with Crippen LogP contribution in [-0.2, 0) is 32.6 Å². The molecule has 5 rings (SSSR count). The number of carbonyl (C=O) groups excluding carboxylic acids is 3. The van der Waals surface area contributed by atoms with Crippen molar-refractivity contribution >= 4 is 60.2 Å². The molecule has 0 saturated carbocycles. The SMILES string of the molecule is CCCCNC(=O)N(CCC)N1CC(=O)N2[C@@H](Cc3ccc(NS(C)(=O)=O)cc3)C(=O)N(Cc3cccc4sc(N)nc34)C[C@@H]21. The third-order valence-corrected chi connectivity index (χ3v) is 9.38. The molecule has 0 radical (unpaired) electrons. The predicted octanol–water partition coefficient (Wildman–Crippen LogP) is 2.81. The van der Waals surface area contributed by atoms with Gasteiger partial charge in [0.25, 0.3) is 0 Å². The quantitative estimate of drug-likeness (QED) is 0.251. The third-order valence-electron chi connectivity index (χ3n) is 7.92. The van der Waals surface area contributed by atoms with Gasteiger partial charge in [0.05, 0.1) is 29.6 Å². The number of hydrazine groups is 1. The minimum Gasteiger partial charge on any atom is -0.375 e. The number of urea groups is 1. The second-order valence-electron chi connectivity index (χ2n) is 11.4. The monoisotopic (exact) mass is 656 g/mol. The molecule has 2 atom stereocenters. The van der Waals surface area contributed by atoms with Gasteiger partial charge in [-0.25, -0.2) is 18.2 Å². The van der Waals surface area contributed by atoms with Crippen LogP contribution in [0.15, 0.2) is 42.5 Å². The Morgan fingerprint density at radius 1 is 1.13 bits per heavy atom. The summed E-state index contributed by atoms with van der Waals surface area (Å²) in [6, 6.07) is 11.4. The summed E-state index contributed by atoms with van der Waals surface area (Å²) in [6.07, 6.45) is 3.20. The number of carbonyl (C=O) groups is 3. The second-order valence-corrected chi connectivity index (χ2v) is 14.2. The minimum atomic E-state index is -3.45. The van der Waals surface area contributed by atoms with Crippen molar-refractivity contribution in [2.75, 3.05) is 42.9 Å². The van der Waals surface area contributed by atoms with Crippen LogP contribution in [0.4, 0.5) is 15.6 Å². The Morgan fingerprint density at radius 2 is 1.89 bits per heavy atom. The van der Waals surface area contributed by atoms with Crippen LogP contribution in [0.25, 0.3) is 10.2 Å². The molecule has 2 fully saturated rings. The van der Waals surface area contributed by atoms with Gasteiger partial charge in [-0.3, -0.25) is 19.3 Å². The van der Waals surface area contributed by atoms with E-state index in [1.54, 1.807) is 44.1 Å². The standard InChI is InChI=1S/C30H40N8O5S2/c1-4-6-14-32-30(41)36(15-5-2)37-19-26(39)38-23(16-20-10-12-22(13-11-20)34-45(3,42)43)28(40)35(18-25(37)38)17-21-8-7-9-24-27(21)33-29(31)44-24/h7-13,23,25,34H,4-6,14-19H2,1-3H3,(H2,31,33)(H,32,41)/t23-,25+/m0/s1. The zero-order valence-electron chi connectivity index (χ0n) is 25.7. The molecule has 4 amide bonds. The first-order valence-corrected chi connectivity index (χ1v) is 17.8. The number of piperazine rings is 1. The average molecular weight is 657 g/mol. The van der Waals surface area contributed by atoms with Crippen LogP contribution < -0.4 is 15.8 Å². The molecule has 3 aromatic rings. The summed E-state index contributed by atoms with van der Waals surface area (Å²) in [6.45, 7) is 5.41. The molecule has 4 N–H and O–H groups in total. The number of nitrogens with zero attached hydrogens (tertiary/aromatic N) is 5. The highest BCUT2D eigenvalue weighted by atomic mass is 32.2. The van der Waals surface area contributed by atoms with Crippen LogP contribution in [0.5, 0.6) is 0 Å². The number of benzene rings is 2. The molecular weight excluding hydrogens is 617 g/mol. The fraction of sp³-hybridized carbons (Fsp3) is 0.467. The molecule has 15 heteroatoms. The van der Waals surface area contributed by atoms with Gasteiger partial charge in [0, 0.05) is 31.7 Å². The highest BCUT2D eigenvalue weighted by Gasteiger charge is 2.52. The molecule has 1 aromatic heterocycles. The zero-order chi connectivity index (χ0) is 32.3. The third kappa shape index (κ3) is 7.31. The van der Waals surface area contributed by atoms with E-state index in [1.165, 1.54) is 11.3 Å². The number of hydrogen-bond acceptors (Lipinski definition) is 9. The van der Waals surface area contributed by atoms with E-state index >= 15 is 0 Å². The van der Waals surface area contributed by atoms with Crippen molar-refractivity contribution in [3.8, 4) is 0 Å². The summed E-state index contributed by atoms with van der Waals surface area (Å²) < 4.78 is 26.7. The lowest BCUT2D eigenvalue weighted by molar-refractivity contribution is -0.157. The summed E-state index contributed by atoms with van der Waals surface area (Å²) in [5.41, 5.74) is 8.75. The predicted molar refractivity (Wildman–Crippen MR) is 174 cm³/mol. The van der Waals surface area contributed by atoms with Crippen molar-refractivity contribution in [2.24, 2.45) is 0 Å². The number of aromatic nitrogens is 1. The molecule has 3 heterocycles. The number of thiazole rings is 1. The van der Waals surface area contributed by atoms with Crippen molar-refractivity contribution in [1.82, 2.24) is 30.1 Å². The van der Waals surface area contributed by atoms with Gasteiger partial charge in [-0.15, -0.1) is 0 Å². The molecule has 13 nitrogen and oxygen atoms in total. The van der Waals surface area contributed by atoms with E-state index in [0.29, 0.717) is 30.3 Å². The number of nitrogens with one attached hydrogen (secondary N) is 2. The summed E-state index contributed by atoms with van der Waals surface area (Å²) in [4.78, 5) is 49.1. The van der Waals surface area contributed by atoms with Crippen LogP contribution in [-0.4, -0.2) is 95.7 Å². The Kier molecular flexibility index (Phi) is 9.79. The summed E-state index contributed by atoms with van der Waals surface area (Å²) in [7, 11) is -3.45. The lowest BCUT2D eigenvalue weighted by atomic mass is 9.99. The highest BCUT2D eigenvalue weighted by Crippen LogP contribution is 2.32. The maximum absolute atomic E-state index is 14.2. The molecule has 2 saturated heterocycles. The molecule has 2 aliphatic rings. The Hall–Kier alpha value is -3.95. The zero-order valence-corrected chi connectivity index (χ0v) is 27.4. The van der Waals surface area contributed by atoms with Crippen molar-refractivity contribution in [3.63, 3.8) is 0 Å². The number of nitrogen functional groups attached to an aromatic ring is 1. The number of hydrogen-bond donors (Lipinski definition) is 3. The largest absolute Gasteiger partial charge is 0.375 e. The van der Waals surface area contributed by atoms with Crippen molar-refractivity contribution in [2.45, 2.75) is 58.3 Å². The Labute approximate surface area is 267 Å². The number of para-hydroxylation sites is 1. The van der Waals surface area contributed by atoms with Crippen LogP contribution in [0.2, 0.25) is 0 Å². The molecular formula is C30H40N8O5S2. The van der Waals surface area contributed by atoms with E-state index in [9.17, 15) is 22.8 Å². The summed E-state index contributed by atoms with van der Waals surface area (Å²) in [5.74, 6) is -0.445. The number of rotatable bonds is 12. The van der Waals surface area contributed by atoms with Crippen LogP contribution in [0, 0.1) is 0 Å². The molecule has 2 aliphatic heterocycles. The van der Waals surface area contributed by atoms with Gasteiger partial charge in [0.15, 0.2) is 5.13 Å². The number of amides is 4. The number of sulfonamides is 1. The van der Waals surface area contributed by atoms with Gasteiger partial charge in [0.2, 0.25) is 21.8 Å². The molecule has 45 heavy (non-hydrogen) atoms. The van der Waals surface area contributed by atoms with E-state index in [2.05, 4.69) is 21.9 Å². The van der Waals surface area contributed by atoms with Crippen LogP contribution in [0.1, 0.15) is 44.2 Å². The normalized spacial score (nSPS) is 18.8. The highest BCUT2D eigenvalue weighted by molar-refractivity contribution is 7.92. The van der Waals surface area contributed by atoms with E-state index in [-0.39, 0.29) is 43.9 Å². The van der Waals surface area contributed by atoms with Gasteiger partial charge in [0.1, 0.15) is 12.2 Å². The molecule has 242 valence electrons. The summed E-state index contributed by atoms with van der Waals surface area (Å²) in [5, 5.41) is 6.82. The van der Waals surface area contributed by atoms with Crippen LogP contribution >= 0.6 is 11.3 Å². The van der Waals surface area contributed by atoms with Crippen molar-refractivity contribution in [1.29, 1.82) is 0 Å². The van der Waals surface area contributed by atoms with Gasteiger partial charge in [-0.2, -0.15) is 5.01 Å². The van der Waals surface area contributed by atoms with Gasteiger partial charge < -0.3 is 20.9 Å². The van der Waals surface area contributed by atoms with Gasteiger partial charge >= 0.3 is 6.03 Å². The fourth-order valence-corrected chi connectivity index (χ4v) is 7.26. The Bertz CT molecular complexity index is 1660. The van der Waals surface area contributed by atoms with E-state index in [1.807, 2.05) is 25.1 Å². The number of nitrogens with two attached hydrogens (primary N) is 1. The average Bonchev–Trinajstić information content (AvgIpc) is 3.53. The Balaban J connectivity index is 1.48. The minimum absolute atomic E-state index is 0.0289. The van der Waals surface area contributed by atoms with Crippen LogP contribution in [0.3, 0.4) is 0 Å². The smallest absolute Gasteiger partial charge is 0.332 e. The molecule has 0 bridgehead atoms. The molecule has 0 aliphatic carbocycles. The number of unbranched alkanes of at least 4 members (excludes halogenated alkanes) is 1. The van der Waals surface area contributed by atoms with Gasteiger partial charge in [-0.1, -0.05) is 55.9 Å². The topological polar surface area (TPSA) is 161 Å². The Morgan fingerprint density at radius 3 is 2.58 bits per heavy atom. The van der Waals surface area contributed by atoms with Crippen molar-refractivity contribution < 1.29 is 22.8 Å². The lowest BCUT2D eigenvalue weighted by Crippen LogP contribution is -2.66. The number of anilines is 2. The first-order chi connectivity index (χ1) is 21.5. The fourth-order valence-electron chi connectivity index (χ4n) is 5.91. The summed E-state index contributed by atoms with van der Waals surface area (Å²) >= 11 is 1.38. The van der Waals surface area contributed by atoms with E-state index in [4.69, 9.17) is 5.73 Å². The number of fused-ring (bicyclic) bond motifs is 2. The molecule has 0 spiro atoms. The van der Waals surface area contributed by atoms with E-state index in [0.717, 1.165) is 40.4 Å². The first kappa shape index (κ1) is 32.4. The maximum atomic E-state index is 14.2. The maximum Gasteiger partial charge on any atom is 0.332 e. The molecule has 0 unspecified atom stereocenters. The lowest BCUT2D eigenvalue weighted by Gasteiger charge is -2.46.